The van der Waals surface area contributed by atoms with E-state index in [0.29, 0.717) is 23.5 Å². The first-order valence-electron chi connectivity index (χ1n) is 9.06. The summed E-state index contributed by atoms with van der Waals surface area (Å²) in [6.45, 7) is 0.678. The predicted molar refractivity (Wildman–Crippen MR) is 103 cm³/mol. The Kier molecular flexibility index (Phi) is 6.61. The number of ether oxygens (including phenoxy) is 1. The van der Waals surface area contributed by atoms with E-state index in [1.54, 1.807) is 54.6 Å². The normalized spacial score (nSPS) is 15.7. The minimum Gasteiger partial charge on any atom is -0.447 e. The van der Waals surface area contributed by atoms with E-state index in [0.717, 1.165) is 0 Å². The smallest absolute Gasteiger partial charge is 0.414 e. The van der Waals surface area contributed by atoms with E-state index in [9.17, 15) is 23.5 Å². The Hall–Kier alpha value is -3.20. The Bertz CT molecular complexity index is 851. The fraction of sp³-hybridized carbons (Fsp3) is 0.300. The molecule has 0 aromatic heterocycles. The van der Waals surface area contributed by atoms with Gasteiger partial charge in [-0.3, -0.25) is 4.90 Å². The summed E-state index contributed by atoms with van der Waals surface area (Å²) in [5.74, 6) is 0. The lowest BCUT2D eigenvalue weighted by atomic mass is 10.0. The summed E-state index contributed by atoms with van der Waals surface area (Å²) < 4.78 is 31.0. The van der Waals surface area contributed by atoms with Gasteiger partial charge in [0.05, 0.1) is 12.6 Å². The molecule has 1 aliphatic heterocycles. The quantitative estimate of drug-likeness (QED) is 0.661. The number of hydrogen-bond donors (Lipinski definition) is 3. The molecule has 0 bridgehead atoms. The number of aliphatic hydroxyl groups is 1. The zero-order chi connectivity index (χ0) is 20.8. The van der Waals surface area contributed by atoms with Gasteiger partial charge in [0.2, 0.25) is 0 Å². The van der Waals surface area contributed by atoms with Crippen LogP contribution in [0.4, 0.5) is 29.7 Å². The number of urea groups is 1. The molecule has 2 aromatic rings. The molecule has 0 saturated carbocycles. The minimum atomic E-state index is -3.01. The summed E-state index contributed by atoms with van der Waals surface area (Å²) >= 11 is 0. The Labute approximate surface area is 166 Å². The van der Waals surface area contributed by atoms with Crippen molar-refractivity contribution in [1.82, 2.24) is 5.32 Å². The van der Waals surface area contributed by atoms with Gasteiger partial charge in [-0.15, -0.1) is 0 Å². The third-order valence-corrected chi connectivity index (χ3v) is 4.46. The van der Waals surface area contributed by atoms with Gasteiger partial charge < -0.3 is 20.5 Å². The molecule has 3 N–H and O–H groups in total. The number of alkyl halides is 2. The van der Waals surface area contributed by atoms with Crippen LogP contribution in [0.1, 0.15) is 5.56 Å². The van der Waals surface area contributed by atoms with Gasteiger partial charge in [-0.25, -0.2) is 18.4 Å². The number of carbonyl (C=O) groups is 2. The number of cyclic esters (lactones) is 1. The van der Waals surface area contributed by atoms with Crippen LogP contribution in [0.25, 0.3) is 0 Å². The number of benzene rings is 2. The van der Waals surface area contributed by atoms with Gasteiger partial charge in [0.1, 0.15) is 12.7 Å². The Morgan fingerprint density at radius 1 is 1.17 bits per heavy atom. The second-order valence-corrected chi connectivity index (χ2v) is 6.54. The fourth-order valence-electron chi connectivity index (χ4n) is 3.02. The topological polar surface area (TPSA) is 90.9 Å². The van der Waals surface area contributed by atoms with Crippen molar-refractivity contribution in [1.29, 1.82) is 0 Å². The summed E-state index contributed by atoms with van der Waals surface area (Å²) in [5.41, 5.74) is 1.61. The summed E-state index contributed by atoms with van der Waals surface area (Å²) in [4.78, 5) is 25.4. The van der Waals surface area contributed by atoms with Crippen LogP contribution in [0.5, 0.6) is 0 Å². The van der Waals surface area contributed by atoms with Gasteiger partial charge in [-0.1, -0.05) is 36.4 Å². The molecule has 1 heterocycles. The predicted octanol–water partition coefficient (Wildman–Crippen LogP) is 3.00. The molecule has 0 spiro atoms. The Balaban J connectivity index is 1.67. The standard InChI is InChI=1S/C20H21F2N3O4/c21-18(22)17(26)16(11-13-5-2-1-3-6-13)24-19(27)23-14-7-4-8-15(12-14)25-9-10-29-20(25)28/h1-8,12,16-18,26H,9-11H2,(H2,23,24,27)/t16-,17-/m1/s1. The monoisotopic (exact) mass is 405 g/mol. The molecule has 2 aromatic carbocycles. The third-order valence-electron chi connectivity index (χ3n) is 4.46. The number of nitrogens with one attached hydrogen (secondary N) is 2. The number of anilines is 2. The van der Waals surface area contributed by atoms with E-state index in [4.69, 9.17) is 4.74 Å². The van der Waals surface area contributed by atoms with Crippen molar-refractivity contribution < 1.29 is 28.2 Å². The summed E-state index contributed by atoms with van der Waals surface area (Å²) in [7, 11) is 0. The highest BCUT2D eigenvalue weighted by molar-refractivity contribution is 5.93. The molecule has 3 amide bonds. The third kappa shape index (κ3) is 5.41. The highest BCUT2D eigenvalue weighted by Gasteiger charge is 2.29. The number of nitrogens with zero attached hydrogens (tertiary/aromatic N) is 1. The maximum atomic E-state index is 13.0. The molecule has 1 aliphatic rings. The first-order valence-corrected chi connectivity index (χ1v) is 9.06. The van der Waals surface area contributed by atoms with Crippen LogP contribution in [0.3, 0.4) is 0 Å². The van der Waals surface area contributed by atoms with Crippen LogP contribution >= 0.6 is 0 Å². The molecular weight excluding hydrogens is 384 g/mol. The second kappa shape index (κ2) is 9.33. The fourth-order valence-corrected chi connectivity index (χ4v) is 3.02. The molecule has 1 fully saturated rings. The van der Waals surface area contributed by atoms with Crippen molar-refractivity contribution in [3.05, 3.63) is 60.2 Å². The first kappa shape index (κ1) is 20.5. The summed E-state index contributed by atoms with van der Waals surface area (Å²) in [6, 6.07) is 13.3. The largest absolute Gasteiger partial charge is 0.447 e. The van der Waals surface area contributed by atoms with E-state index in [1.165, 1.54) is 4.90 Å². The van der Waals surface area contributed by atoms with Gasteiger partial charge in [0, 0.05) is 11.4 Å². The lowest BCUT2D eigenvalue weighted by molar-refractivity contribution is -0.0232. The lowest BCUT2D eigenvalue weighted by Gasteiger charge is -2.24. The van der Waals surface area contributed by atoms with Gasteiger partial charge in [-0.2, -0.15) is 0 Å². The van der Waals surface area contributed by atoms with Crippen LogP contribution < -0.4 is 15.5 Å². The van der Waals surface area contributed by atoms with Crippen molar-refractivity contribution in [3.8, 4) is 0 Å². The average molecular weight is 405 g/mol. The molecular formula is C20H21F2N3O4. The van der Waals surface area contributed by atoms with Crippen LogP contribution in [0.15, 0.2) is 54.6 Å². The number of amides is 3. The number of hydrogen-bond acceptors (Lipinski definition) is 4. The van der Waals surface area contributed by atoms with E-state index >= 15 is 0 Å². The molecule has 9 heteroatoms. The highest BCUT2D eigenvalue weighted by atomic mass is 19.3. The number of aliphatic hydroxyl groups excluding tert-OH is 1. The van der Waals surface area contributed by atoms with Crippen LogP contribution in [0, 0.1) is 0 Å². The maximum Gasteiger partial charge on any atom is 0.414 e. The summed E-state index contributed by atoms with van der Waals surface area (Å²) in [6.07, 6.45) is -5.46. The van der Waals surface area contributed by atoms with Crippen molar-refractivity contribution in [3.63, 3.8) is 0 Å². The van der Waals surface area contributed by atoms with Crippen LogP contribution in [-0.2, 0) is 11.2 Å². The van der Waals surface area contributed by atoms with Crippen LogP contribution in [-0.4, -0.2) is 49.0 Å². The Morgan fingerprint density at radius 3 is 2.59 bits per heavy atom. The number of halogens is 2. The minimum absolute atomic E-state index is 0.0411. The van der Waals surface area contributed by atoms with E-state index in [1.807, 2.05) is 0 Å². The number of rotatable bonds is 7. The SMILES string of the molecule is O=C(Nc1cccc(N2CCOC2=O)c1)N[C@H](Cc1ccccc1)[C@@H](O)C(F)F. The molecule has 7 nitrogen and oxygen atoms in total. The van der Waals surface area contributed by atoms with Crippen molar-refractivity contribution in [2.24, 2.45) is 0 Å². The zero-order valence-electron chi connectivity index (χ0n) is 15.4. The van der Waals surface area contributed by atoms with E-state index in [-0.39, 0.29) is 13.0 Å². The van der Waals surface area contributed by atoms with E-state index in [2.05, 4.69) is 10.6 Å². The molecule has 0 unspecified atom stereocenters. The van der Waals surface area contributed by atoms with Gasteiger partial charge in [0.25, 0.3) is 6.43 Å². The Morgan fingerprint density at radius 2 is 1.93 bits per heavy atom. The molecule has 0 aliphatic carbocycles. The van der Waals surface area contributed by atoms with Crippen molar-refractivity contribution >= 4 is 23.5 Å². The lowest BCUT2D eigenvalue weighted by Crippen LogP contribution is -2.49. The van der Waals surface area contributed by atoms with Crippen molar-refractivity contribution in [2.75, 3.05) is 23.4 Å². The first-order chi connectivity index (χ1) is 13.9. The molecule has 29 heavy (non-hydrogen) atoms. The van der Waals surface area contributed by atoms with Gasteiger partial charge >= 0.3 is 12.1 Å². The second-order valence-electron chi connectivity index (χ2n) is 6.54. The maximum absolute atomic E-state index is 13.0. The zero-order valence-corrected chi connectivity index (χ0v) is 15.4. The van der Waals surface area contributed by atoms with E-state index < -0.39 is 30.7 Å². The number of carbonyl (C=O) groups excluding carboxylic acids is 2. The molecule has 2 atom stereocenters. The molecule has 0 radical (unpaired) electrons. The molecule has 3 rings (SSSR count). The molecule has 154 valence electrons. The van der Waals surface area contributed by atoms with Crippen LogP contribution in [0.2, 0.25) is 0 Å². The van der Waals surface area contributed by atoms with Gasteiger partial charge in [-0.05, 0) is 30.2 Å². The summed E-state index contributed by atoms with van der Waals surface area (Å²) in [5, 5.41) is 14.8. The molecule has 1 saturated heterocycles. The van der Waals surface area contributed by atoms with Gasteiger partial charge in [0.15, 0.2) is 0 Å². The highest BCUT2D eigenvalue weighted by Crippen LogP contribution is 2.22. The van der Waals surface area contributed by atoms with Crippen molar-refractivity contribution in [2.45, 2.75) is 25.0 Å². The average Bonchev–Trinajstić information content (AvgIpc) is 3.13.